The molecule has 1 aliphatic heterocycles. The van der Waals surface area contributed by atoms with Gasteiger partial charge in [-0.2, -0.15) is 0 Å². The first kappa shape index (κ1) is 18.2. The molecule has 136 valence electrons. The van der Waals surface area contributed by atoms with Gasteiger partial charge in [0.1, 0.15) is 5.69 Å². The van der Waals surface area contributed by atoms with Crippen LogP contribution in [0.2, 0.25) is 0 Å². The molecular weight excluding hydrogens is 350 g/mol. The van der Waals surface area contributed by atoms with Gasteiger partial charge < -0.3 is 11.1 Å². The summed E-state index contributed by atoms with van der Waals surface area (Å²) in [5.41, 5.74) is 7.39. The van der Waals surface area contributed by atoms with Gasteiger partial charge in [0.15, 0.2) is 11.0 Å². The number of aromatic nitrogens is 2. The Kier molecular flexibility index (Phi) is 5.10. The second-order valence-corrected chi connectivity index (χ2v) is 7.34. The zero-order valence-electron chi connectivity index (χ0n) is 14.6. The molecule has 3 rings (SSSR count). The van der Waals surface area contributed by atoms with E-state index in [2.05, 4.69) is 20.3 Å². The third-order valence-electron chi connectivity index (χ3n) is 4.17. The standard InChI is InChI=1S/C17H21N7OS/c1-17(6-7-26-16(18)23-17)11-4-3-5-12(8-11)22-15(25)13-9-21-14(10-20-13)24(2)19/h3-5,8-10H,6-7,19H2,1-2H3,(H2,18,23)(H,22,25)/t17-/m0/s1. The molecule has 0 spiro atoms. The predicted molar refractivity (Wildman–Crippen MR) is 105 cm³/mol. The van der Waals surface area contributed by atoms with Crippen molar-refractivity contribution < 1.29 is 4.79 Å². The SMILES string of the molecule is CN(N)c1cnc(C(=O)Nc2cccc([C@]3(C)CCSC(N)=N3)c2)cn1. The molecule has 2 aromatic rings. The van der Waals surface area contributed by atoms with Crippen LogP contribution < -0.4 is 21.9 Å². The Balaban J connectivity index is 1.78. The van der Waals surface area contributed by atoms with E-state index in [1.807, 2.05) is 31.2 Å². The van der Waals surface area contributed by atoms with E-state index in [1.165, 1.54) is 17.4 Å². The summed E-state index contributed by atoms with van der Waals surface area (Å²) >= 11 is 1.56. The van der Waals surface area contributed by atoms with Crippen molar-refractivity contribution in [2.45, 2.75) is 18.9 Å². The lowest BCUT2D eigenvalue weighted by Crippen LogP contribution is -2.28. The van der Waals surface area contributed by atoms with Crippen molar-refractivity contribution in [3.05, 3.63) is 47.9 Å². The number of amides is 1. The number of hydrogen-bond donors (Lipinski definition) is 3. The van der Waals surface area contributed by atoms with Crippen LogP contribution in [0.15, 0.2) is 41.7 Å². The number of hydrazine groups is 1. The number of thioether (sulfide) groups is 1. The molecule has 0 aliphatic carbocycles. The summed E-state index contributed by atoms with van der Waals surface area (Å²) in [7, 11) is 1.65. The number of amidine groups is 1. The quantitative estimate of drug-likeness (QED) is 0.552. The molecule has 1 aromatic heterocycles. The summed E-state index contributed by atoms with van der Waals surface area (Å²) in [6, 6.07) is 7.63. The third-order valence-corrected chi connectivity index (χ3v) is 4.97. The van der Waals surface area contributed by atoms with Gasteiger partial charge in [-0.1, -0.05) is 23.9 Å². The predicted octanol–water partition coefficient (Wildman–Crippen LogP) is 1.71. The molecule has 5 N–H and O–H groups in total. The monoisotopic (exact) mass is 371 g/mol. The highest BCUT2D eigenvalue weighted by molar-refractivity contribution is 8.13. The van der Waals surface area contributed by atoms with Crippen molar-refractivity contribution >= 4 is 34.3 Å². The molecule has 0 saturated carbocycles. The van der Waals surface area contributed by atoms with Crippen molar-refractivity contribution in [2.75, 3.05) is 23.1 Å². The minimum atomic E-state index is -0.386. The first-order valence-electron chi connectivity index (χ1n) is 8.08. The van der Waals surface area contributed by atoms with Gasteiger partial charge in [-0.25, -0.2) is 15.8 Å². The first-order chi connectivity index (χ1) is 12.4. The Morgan fingerprint density at radius 2 is 2.15 bits per heavy atom. The Labute approximate surface area is 156 Å². The zero-order chi connectivity index (χ0) is 18.7. The number of nitrogens with one attached hydrogen (secondary N) is 1. The highest BCUT2D eigenvalue weighted by atomic mass is 32.2. The van der Waals surface area contributed by atoms with Gasteiger partial charge in [0, 0.05) is 18.5 Å². The summed E-state index contributed by atoms with van der Waals surface area (Å²) in [6.07, 6.45) is 3.72. The molecule has 1 atom stereocenters. The van der Waals surface area contributed by atoms with Gasteiger partial charge in [0.05, 0.1) is 17.9 Å². The maximum Gasteiger partial charge on any atom is 0.275 e. The lowest BCUT2D eigenvalue weighted by atomic mass is 9.89. The highest BCUT2D eigenvalue weighted by Gasteiger charge is 2.29. The molecule has 0 unspecified atom stereocenters. The number of carbonyl (C=O) groups is 1. The largest absolute Gasteiger partial charge is 0.379 e. The summed E-state index contributed by atoms with van der Waals surface area (Å²) in [4.78, 5) is 25.2. The molecule has 1 amide bonds. The van der Waals surface area contributed by atoms with Crippen LogP contribution in [0, 0.1) is 0 Å². The average Bonchev–Trinajstić information content (AvgIpc) is 2.62. The molecule has 0 bridgehead atoms. The van der Waals surface area contributed by atoms with E-state index in [1.54, 1.807) is 18.8 Å². The van der Waals surface area contributed by atoms with Crippen molar-refractivity contribution in [2.24, 2.45) is 16.6 Å². The van der Waals surface area contributed by atoms with E-state index >= 15 is 0 Å². The second-order valence-electron chi connectivity index (χ2n) is 6.23. The van der Waals surface area contributed by atoms with Gasteiger partial charge >= 0.3 is 0 Å². The molecule has 0 saturated heterocycles. The molecule has 9 heteroatoms. The van der Waals surface area contributed by atoms with Gasteiger partial charge in [0.25, 0.3) is 5.91 Å². The van der Waals surface area contributed by atoms with Crippen molar-refractivity contribution in [3.63, 3.8) is 0 Å². The summed E-state index contributed by atoms with van der Waals surface area (Å²) in [5.74, 6) is 6.63. The molecule has 1 aromatic carbocycles. The number of anilines is 2. The third kappa shape index (κ3) is 3.94. The van der Waals surface area contributed by atoms with Gasteiger partial charge in [-0.05, 0) is 31.0 Å². The second kappa shape index (κ2) is 7.30. The number of nitrogens with two attached hydrogens (primary N) is 2. The van der Waals surface area contributed by atoms with E-state index in [-0.39, 0.29) is 17.1 Å². The number of benzene rings is 1. The maximum atomic E-state index is 12.4. The van der Waals surface area contributed by atoms with Crippen LogP contribution in [0.1, 0.15) is 29.4 Å². The van der Waals surface area contributed by atoms with E-state index in [4.69, 9.17) is 11.6 Å². The van der Waals surface area contributed by atoms with Crippen molar-refractivity contribution in [1.82, 2.24) is 9.97 Å². The molecule has 26 heavy (non-hydrogen) atoms. The number of nitrogens with zero attached hydrogens (tertiary/aromatic N) is 4. The molecule has 2 heterocycles. The van der Waals surface area contributed by atoms with E-state index in [0.717, 1.165) is 17.7 Å². The van der Waals surface area contributed by atoms with Gasteiger partial charge in [0.2, 0.25) is 0 Å². The van der Waals surface area contributed by atoms with E-state index in [9.17, 15) is 4.79 Å². The van der Waals surface area contributed by atoms with Crippen molar-refractivity contribution in [3.8, 4) is 0 Å². The minimum Gasteiger partial charge on any atom is -0.379 e. The van der Waals surface area contributed by atoms with Crippen LogP contribution in [0.4, 0.5) is 11.5 Å². The van der Waals surface area contributed by atoms with Crippen LogP contribution in [0.3, 0.4) is 0 Å². The fraction of sp³-hybridized carbons (Fsp3) is 0.294. The number of hydrogen-bond acceptors (Lipinski definition) is 8. The molecular formula is C17H21N7OS. The van der Waals surface area contributed by atoms with Crippen LogP contribution in [0.5, 0.6) is 0 Å². The molecule has 0 fully saturated rings. The van der Waals surface area contributed by atoms with Crippen molar-refractivity contribution in [1.29, 1.82) is 0 Å². The van der Waals surface area contributed by atoms with Gasteiger partial charge in [-0.15, -0.1) is 0 Å². The van der Waals surface area contributed by atoms with Crippen LogP contribution in [-0.4, -0.2) is 33.8 Å². The Morgan fingerprint density at radius 1 is 1.35 bits per heavy atom. The van der Waals surface area contributed by atoms with Gasteiger partial charge in [-0.3, -0.25) is 14.8 Å². The summed E-state index contributed by atoms with van der Waals surface area (Å²) < 4.78 is 0. The molecule has 1 aliphatic rings. The maximum absolute atomic E-state index is 12.4. The summed E-state index contributed by atoms with van der Waals surface area (Å²) in [6.45, 7) is 2.05. The fourth-order valence-electron chi connectivity index (χ4n) is 2.64. The zero-order valence-corrected chi connectivity index (χ0v) is 15.5. The topological polar surface area (TPSA) is 123 Å². The Bertz CT molecular complexity index is 837. The first-order valence-corrected chi connectivity index (χ1v) is 9.06. The number of carbonyl (C=O) groups excluding carboxylic acids is 1. The lowest BCUT2D eigenvalue weighted by Gasteiger charge is -2.30. The smallest absolute Gasteiger partial charge is 0.275 e. The van der Waals surface area contributed by atoms with Crippen LogP contribution in [-0.2, 0) is 5.54 Å². The van der Waals surface area contributed by atoms with E-state index < -0.39 is 0 Å². The summed E-state index contributed by atoms with van der Waals surface area (Å²) in [5, 5.41) is 4.76. The van der Waals surface area contributed by atoms with Crippen LogP contribution in [0.25, 0.3) is 0 Å². The Hall–Kier alpha value is -2.65. The fourth-order valence-corrected chi connectivity index (χ4v) is 3.62. The molecule has 0 radical (unpaired) electrons. The normalized spacial score (nSPS) is 19.6. The molecule has 8 nitrogen and oxygen atoms in total. The van der Waals surface area contributed by atoms with E-state index in [0.29, 0.717) is 16.7 Å². The average molecular weight is 371 g/mol. The minimum absolute atomic E-state index is 0.212. The number of rotatable bonds is 4. The Morgan fingerprint density at radius 3 is 2.81 bits per heavy atom. The number of aliphatic imine (C=N–C) groups is 1. The highest BCUT2D eigenvalue weighted by Crippen LogP contribution is 2.35. The lowest BCUT2D eigenvalue weighted by molar-refractivity contribution is 0.102. The van der Waals surface area contributed by atoms with Crippen LogP contribution >= 0.6 is 11.8 Å².